The molecule has 0 spiro atoms. The molecule has 1 saturated carbocycles. The Hall–Kier alpha value is -2.33. The number of hydrogen-bond donors (Lipinski definition) is 0. The van der Waals surface area contributed by atoms with Crippen LogP contribution in [-0.4, -0.2) is 20.7 Å². The van der Waals surface area contributed by atoms with E-state index in [1.54, 1.807) is 0 Å². The number of hydrogen-bond acceptors (Lipinski definition) is 4. The number of oxazole rings is 1. The molecule has 5 nitrogen and oxygen atoms in total. The van der Waals surface area contributed by atoms with Gasteiger partial charge in [-0.15, -0.1) is 0 Å². The molecular formula is C16H15F6N3O2. The summed E-state index contributed by atoms with van der Waals surface area (Å²) in [5.41, 5.74) is -1.70. The first-order chi connectivity index (χ1) is 12.5. The van der Waals surface area contributed by atoms with Gasteiger partial charge in [0.05, 0.1) is 5.92 Å². The Morgan fingerprint density at radius 3 is 2.22 bits per heavy atom. The molecule has 0 N–H and O–H groups in total. The summed E-state index contributed by atoms with van der Waals surface area (Å²) in [4.78, 5) is 19.8. The Morgan fingerprint density at radius 2 is 1.70 bits per heavy atom. The molecule has 0 aromatic carbocycles. The van der Waals surface area contributed by atoms with Crippen molar-refractivity contribution in [3.63, 3.8) is 0 Å². The van der Waals surface area contributed by atoms with Crippen molar-refractivity contribution >= 4 is 0 Å². The van der Waals surface area contributed by atoms with Crippen LogP contribution in [0.25, 0.3) is 6.01 Å². The maximum Gasteiger partial charge on any atom is 0.436 e. The van der Waals surface area contributed by atoms with Gasteiger partial charge in [-0.05, 0) is 32.6 Å². The zero-order valence-electron chi connectivity index (χ0n) is 14.1. The van der Waals surface area contributed by atoms with Gasteiger partial charge in [-0.3, -0.25) is 4.79 Å². The van der Waals surface area contributed by atoms with Crippen LogP contribution in [0.5, 0.6) is 0 Å². The molecule has 1 aliphatic rings. The van der Waals surface area contributed by atoms with Gasteiger partial charge < -0.3 is 4.42 Å². The normalized spacial score (nSPS) is 21.4. The molecular weight excluding hydrogens is 380 g/mol. The monoisotopic (exact) mass is 395 g/mol. The van der Waals surface area contributed by atoms with E-state index in [4.69, 9.17) is 4.42 Å². The molecule has 2 heterocycles. The first kappa shape index (κ1) is 19.4. The van der Waals surface area contributed by atoms with Crippen LogP contribution in [0.2, 0.25) is 0 Å². The molecule has 0 saturated heterocycles. The minimum atomic E-state index is -4.76. The molecule has 0 atom stereocenters. The summed E-state index contributed by atoms with van der Waals surface area (Å²) in [6.45, 7) is 1.52. The summed E-state index contributed by atoms with van der Waals surface area (Å²) in [5.74, 6) is -1.88. The topological polar surface area (TPSA) is 60.9 Å². The van der Waals surface area contributed by atoms with Crippen molar-refractivity contribution in [2.24, 2.45) is 5.92 Å². The van der Waals surface area contributed by atoms with E-state index in [1.807, 2.05) is 0 Å². The summed E-state index contributed by atoms with van der Waals surface area (Å²) in [7, 11) is 0. The van der Waals surface area contributed by atoms with Gasteiger partial charge in [-0.1, -0.05) is 0 Å². The molecule has 0 amide bonds. The van der Waals surface area contributed by atoms with Crippen molar-refractivity contribution in [2.75, 3.05) is 0 Å². The van der Waals surface area contributed by atoms with E-state index < -0.39 is 41.5 Å². The summed E-state index contributed by atoms with van der Waals surface area (Å²) < 4.78 is 82.5. The molecule has 0 unspecified atom stereocenters. The second-order valence-corrected chi connectivity index (χ2v) is 6.53. The lowest BCUT2D eigenvalue weighted by molar-refractivity contribution is -0.182. The fraction of sp³-hybridized carbons (Fsp3) is 0.562. The predicted octanol–water partition coefficient (Wildman–Crippen LogP) is 4.38. The third-order valence-corrected chi connectivity index (χ3v) is 4.60. The molecule has 2 aromatic rings. The van der Waals surface area contributed by atoms with Crippen molar-refractivity contribution in [3.05, 3.63) is 39.9 Å². The largest absolute Gasteiger partial charge is 0.436 e. The molecule has 0 bridgehead atoms. The SMILES string of the molecule is Cc1cc(=O)n(-c2nc(C(F)(F)F)co2)c([C@H]2CC[C@@H](C(F)(F)F)CC2)n1. The Bertz CT molecular complexity index is 876. The van der Waals surface area contributed by atoms with Crippen molar-refractivity contribution < 1.29 is 30.8 Å². The van der Waals surface area contributed by atoms with E-state index in [-0.39, 0.29) is 31.5 Å². The van der Waals surface area contributed by atoms with Gasteiger partial charge in [0.2, 0.25) is 0 Å². The molecule has 148 valence electrons. The van der Waals surface area contributed by atoms with E-state index in [9.17, 15) is 31.1 Å². The van der Waals surface area contributed by atoms with Crippen molar-refractivity contribution in [2.45, 2.75) is 50.9 Å². The van der Waals surface area contributed by atoms with Crippen molar-refractivity contribution in [1.82, 2.24) is 14.5 Å². The lowest BCUT2D eigenvalue weighted by atomic mass is 9.81. The van der Waals surface area contributed by atoms with Gasteiger partial charge >= 0.3 is 18.4 Å². The number of rotatable bonds is 2. The van der Waals surface area contributed by atoms with E-state index in [0.29, 0.717) is 12.0 Å². The van der Waals surface area contributed by atoms with E-state index in [2.05, 4.69) is 9.97 Å². The van der Waals surface area contributed by atoms with Gasteiger partial charge in [0.15, 0.2) is 5.69 Å². The molecule has 2 aromatic heterocycles. The Labute approximate surface area is 149 Å². The van der Waals surface area contributed by atoms with Gasteiger partial charge in [0.25, 0.3) is 5.56 Å². The maximum atomic E-state index is 12.9. The van der Waals surface area contributed by atoms with Crippen LogP contribution in [0, 0.1) is 12.8 Å². The van der Waals surface area contributed by atoms with Crippen LogP contribution < -0.4 is 5.56 Å². The third-order valence-electron chi connectivity index (χ3n) is 4.60. The quantitative estimate of drug-likeness (QED) is 0.708. The highest BCUT2D eigenvalue weighted by Gasteiger charge is 2.42. The summed E-state index contributed by atoms with van der Waals surface area (Å²) in [5, 5.41) is 0. The standard InChI is InChI=1S/C16H15F6N3O2/c1-8-6-12(26)25(14-24-11(7-27-14)16(20,21)22)13(23-8)9-2-4-10(5-3-9)15(17,18)19/h6-7,9-10H,2-5H2,1H3/t9-,10+. The first-order valence-corrected chi connectivity index (χ1v) is 8.17. The van der Waals surface area contributed by atoms with Crippen LogP contribution in [0.15, 0.2) is 21.5 Å². The number of aromatic nitrogens is 3. The molecule has 1 fully saturated rings. The van der Waals surface area contributed by atoms with Crippen molar-refractivity contribution in [1.29, 1.82) is 0 Å². The van der Waals surface area contributed by atoms with Gasteiger partial charge in [-0.2, -0.15) is 31.3 Å². The Kier molecular flexibility index (Phi) is 4.81. The summed E-state index contributed by atoms with van der Waals surface area (Å²) in [6.07, 6.45) is -8.75. The van der Waals surface area contributed by atoms with Crippen LogP contribution >= 0.6 is 0 Å². The average Bonchev–Trinajstić information content (AvgIpc) is 3.03. The first-order valence-electron chi connectivity index (χ1n) is 8.17. The maximum absolute atomic E-state index is 12.9. The highest BCUT2D eigenvalue weighted by molar-refractivity contribution is 5.20. The minimum absolute atomic E-state index is 0.0659. The zero-order valence-corrected chi connectivity index (χ0v) is 14.1. The number of aryl methyl sites for hydroxylation is 1. The van der Waals surface area contributed by atoms with Gasteiger partial charge in [-0.25, -0.2) is 9.55 Å². The van der Waals surface area contributed by atoms with Crippen LogP contribution in [0.3, 0.4) is 0 Å². The molecule has 11 heteroatoms. The van der Waals surface area contributed by atoms with E-state index in [0.717, 1.165) is 10.6 Å². The fourth-order valence-electron chi connectivity index (χ4n) is 3.26. The average molecular weight is 395 g/mol. The van der Waals surface area contributed by atoms with Gasteiger partial charge in [0, 0.05) is 17.7 Å². The fourth-order valence-corrected chi connectivity index (χ4v) is 3.26. The van der Waals surface area contributed by atoms with Gasteiger partial charge in [0.1, 0.15) is 12.1 Å². The lowest BCUT2D eigenvalue weighted by Gasteiger charge is -2.30. The Morgan fingerprint density at radius 1 is 1.07 bits per heavy atom. The molecule has 1 aliphatic carbocycles. The number of halogens is 6. The predicted molar refractivity (Wildman–Crippen MR) is 80.4 cm³/mol. The highest BCUT2D eigenvalue weighted by Crippen LogP contribution is 2.42. The summed E-state index contributed by atoms with van der Waals surface area (Å²) in [6, 6.07) is 0.496. The van der Waals surface area contributed by atoms with Crippen molar-refractivity contribution in [3.8, 4) is 6.01 Å². The van der Waals surface area contributed by atoms with Crippen LogP contribution in [-0.2, 0) is 6.18 Å². The minimum Gasteiger partial charge on any atom is -0.431 e. The summed E-state index contributed by atoms with van der Waals surface area (Å²) >= 11 is 0. The van der Waals surface area contributed by atoms with Crippen LogP contribution in [0.1, 0.15) is 48.8 Å². The third kappa shape index (κ3) is 4.01. The van der Waals surface area contributed by atoms with E-state index in [1.165, 1.54) is 6.92 Å². The zero-order chi connectivity index (χ0) is 20.0. The molecule has 0 aliphatic heterocycles. The second kappa shape index (κ2) is 6.68. The highest BCUT2D eigenvalue weighted by atomic mass is 19.4. The second-order valence-electron chi connectivity index (χ2n) is 6.53. The van der Waals surface area contributed by atoms with Crippen LogP contribution in [0.4, 0.5) is 26.3 Å². The van der Waals surface area contributed by atoms with E-state index >= 15 is 0 Å². The number of nitrogens with zero attached hydrogens (tertiary/aromatic N) is 3. The molecule has 3 rings (SSSR count). The Balaban J connectivity index is 1.97. The smallest absolute Gasteiger partial charge is 0.431 e. The molecule has 0 radical (unpaired) electrons. The lowest BCUT2D eigenvalue weighted by Crippen LogP contribution is -2.31. The number of alkyl halides is 6. The molecule has 27 heavy (non-hydrogen) atoms.